The van der Waals surface area contributed by atoms with Gasteiger partial charge in [-0.05, 0) is 31.5 Å². The Hall–Kier alpha value is -1.62. The predicted molar refractivity (Wildman–Crippen MR) is 70.2 cm³/mol. The number of carboxylic acid groups (broad SMARTS) is 1. The van der Waals surface area contributed by atoms with Crippen molar-refractivity contribution in [3.63, 3.8) is 0 Å². The number of morpholine rings is 1. The lowest BCUT2D eigenvalue weighted by Crippen LogP contribution is -2.49. The van der Waals surface area contributed by atoms with Gasteiger partial charge in [0.05, 0.1) is 30.0 Å². The molecule has 0 aliphatic carbocycles. The van der Waals surface area contributed by atoms with Crippen molar-refractivity contribution >= 4 is 11.7 Å². The van der Waals surface area contributed by atoms with Crippen molar-refractivity contribution in [3.05, 3.63) is 29.6 Å². The molecule has 104 valence electrons. The molecule has 0 radical (unpaired) electrons. The van der Waals surface area contributed by atoms with Crippen LogP contribution >= 0.6 is 0 Å². The summed E-state index contributed by atoms with van der Waals surface area (Å²) in [4.78, 5) is 13.3. The van der Waals surface area contributed by atoms with Crippen molar-refractivity contribution in [3.8, 4) is 0 Å². The summed E-state index contributed by atoms with van der Waals surface area (Å²) in [6.45, 7) is 5.16. The minimum Gasteiger partial charge on any atom is -0.478 e. The first-order valence-electron chi connectivity index (χ1n) is 6.44. The summed E-state index contributed by atoms with van der Waals surface area (Å²) in [6, 6.07) is 4.04. The maximum Gasteiger partial charge on any atom is 0.337 e. The number of anilines is 1. The lowest BCUT2D eigenvalue weighted by molar-refractivity contribution is 0.0297. The lowest BCUT2D eigenvalue weighted by atomic mass is 10.1. The fourth-order valence-corrected chi connectivity index (χ4v) is 2.41. The molecule has 0 bridgehead atoms. The van der Waals surface area contributed by atoms with Gasteiger partial charge in [0.2, 0.25) is 0 Å². The number of halogens is 1. The summed E-state index contributed by atoms with van der Waals surface area (Å²) in [5.41, 5.74) is 0.573. The Bertz CT molecular complexity index is 478. The van der Waals surface area contributed by atoms with Gasteiger partial charge in [-0.3, -0.25) is 0 Å². The highest BCUT2D eigenvalue weighted by Gasteiger charge is 2.28. The third-order valence-corrected chi connectivity index (χ3v) is 3.44. The third kappa shape index (κ3) is 2.87. The average molecular weight is 267 g/mol. The summed E-state index contributed by atoms with van der Waals surface area (Å²) < 4.78 is 18.8. The Balaban J connectivity index is 2.40. The molecule has 1 saturated heterocycles. The summed E-state index contributed by atoms with van der Waals surface area (Å²) in [7, 11) is 0. The molecule has 1 aromatic rings. The number of nitrogens with zero attached hydrogens (tertiary/aromatic N) is 1. The smallest absolute Gasteiger partial charge is 0.337 e. The van der Waals surface area contributed by atoms with Crippen LogP contribution in [0.15, 0.2) is 18.2 Å². The minimum absolute atomic E-state index is 0.00699. The van der Waals surface area contributed by atoms with Gasteiger partial charge in [0.25, 0.3) is 0 Å². The molecule has 2 rings (SSSR count). The third-order valence-electron chi connectivity index (χ3n) is 3.44. The highest BCUT2D eigenvalue weighted by molar-refractivity contribution is 5.94. The van der Waals surface area contributed by atoms with Crippen molar-refractivity contribution in [1.29, 1.82) is 0 Å². The van der Waals surface area contributed by atoms with E-state index in [4.69, 9.17) is 4.74 Å². The largest absolute Gasteiger partial charge is 0.478 e. The fourth-order valence-electron chi connectivity index (χ4n) is 2.41. The molecule has 1 aromatic carbocycles. The van der Waals surface area contributed by atoms with Crippen LogP contribution < -0.4 is 4.90 Å². The van der Waals surface area contributed by atoms with Gasteiger partial charge >= 0.3 is 5.97 Å². The topological polar surface area (TPSA) is 49.8 Å². The second-order valence-electron chi connectivity index (χ2n) is 4.83. The highest BCUT2D eigenvalue weighted by atomic mass is 19.1. The molecule has 1 heterocycles. The quantitative estimate of drug-likeness (QED) is 0.914. The van der Waals surface area contributed by atoms with Gasteiger partial charge in [0.15, 0.2) is 0 Å². The van der Waals surface area contributed by atoms with Gasteiger partial charge in [-0.15, -0.1) is 0 Å². The molecule has 1 N–H and O–H groups in total. The van der Waals surface area contributed by atoms with E-state index in [1.54, 1.807) is 6.07 Å². The van der Waals surface area contributed by atoms with Gasteiger partial charge in [-0.1, -0.05) is 6.92 Å². The number of benzene rings is 1. The second-order valence-corrected chi connectivity index (χ2v) is 4.83. The molecule has 1 aliphatic heterocycles. The minimum atomic E-state index is -1.11. The summed E-state index contributed by atoms with van der Waals surface area (Å²) in [6.07, 6.45) is 0.887. The standard InChI is InChI=1S/C14H18FNO3/c1-3-11-8-19-9(2)7-16(11)13-5-4-10(15)6-12(13)14(17)18/h4-6,9,11H,3,7-8H2,1-2H3,(H,17,18). The van der Waals surface area contributed by atoms with Gasteiger partial charge in [0, 0.05) is 6.54 Å². The van der Waals surface area contributed by atoms with Gasteiger partial charge in [0.1, 0.15) is 5.82 Å². The zero-order valence-electron chi connectivity index (χ0n) is 11.1. The first-order valence-corrected chi connectivity index (χ1v) is 6.44. The first-order chi connectivity index (χ1) is 9.02. The molecule has 2 unspecified atom stereocenters. The second kappa shape index (κ2) is 5.57. The van der Waals surface area contributed by atoms with E-state index in [9.17, 15) is 14.3 Å². The summed E-state index contributed by atoms with van der Waals surface area (Å²) >= 11 is 0. The molecule has 4 nitrogen and oxygen atoms in total. The molecule has 5 heteroatoms. The van der Waals surface area contributed by atoms with Crippen molar-refractivity contribution in [2.24, 2.45) is 0 Å². The number of ether oxygens (including phenoxy) is 1. The number of hydrogen-bond acceptors (Lipinski definition) is 3. The van der Waals surface area contributed by atoms with Crippen LogP contribution in [-0.2, 0) is 4.74 Å². The van der Waals surface area contributed by atoms with E-state index in [1.165, 1.54) is 6.07 Å². The summed E-state index contributed by atoms with van der Waals surface area (Å²) in [5.74, 6) is -1.64. The number of aromatic carboxylic acids is 1. The maximum atomic E-state index is 13.2. The van der Waals surface area contributed by atoms with Crippen LogP contribution in [0.3, 0.4) is 0 Å². The normalized spacial score (nSPS) is 23.4. The maximum absolute atomic E-state index is 13.2. The van der Waals surface area contributed by atoms with Crippen LogP contribution in [0, 0.1) is 5.82 Å². The predicted octanol–water partition coefficient (Wildman–Crippen LogP) is 2.53. The molecule has 1 fully saturated rings. The average Bonchev–Trinajstić information content (AvgIpc) is 2.38. The Morgan fingerprint density at radius 1 is 1.58 bits per heavy atom. The zero-order chi connectivity index (χ0) is 14.0. The molecule has 2 atom stereocenters. The molecular formula is C14H18FNO3. The van der Waals surface area contributed by atoms with Crippen LogP contribution in [0.25, 0.3) is 0 Å². The van der Waals surface area contributed by atoms with E-state index >= 15 is 0 Å². The molecule has 0 aromatic heterocycles. The van der Waals surface area contributed by atoms with Gasteiger partial charge in [-0.25, -0.2) is 9.18 Å². The zero-order valence-corrected chi connectivity index (χ0v) is 11.1. The van der Waals surface area contributed by atoms with Crippen molar-refractivity contribution < 1.29 is 19.0 Å². The molecule has 0 saturated carbocycles. The lowest BCUT2D eigenvalue weighted by Gasteiger charge is -2.40. The Labute approximate surface area is 111 Å². The number of carbonyl (C=O) groups is 1. The molecular weight excluding hydrogens is 249 g/mol. The monoisotopic (exact) mass is 267 g/mol. The van der Waals surface area contributed by atoms with E-state index in [-0.39, 0.29) is 17.7 Å². The Morgan fingerprint density at radius 2 is 2.32 bits per heavy atom. The van der Waals surface area contributed by atoms with Crippen molar-refractivity contribution in [2.75, 3.05) is 18.1 Å². The van der Waals surface area contributed by atoms with Gasteiger partial charge in [-0.2, -0.15) is 0 Å². The number of carboxylic acids is 1. The first kappa shape index (κ1) is 13.8. The van der Waals surface area contributed by atoms with Crippen molar-refractivity contribution in [2.45, 2.75) is 32.4 Å². The van der Waals surface area contributed by atoms with Crippen molar-refractivity contribution in [1.82, 2.24) is 0 Å². The number of hydrogen-bond donors (Lipinski definition) is 1. The van der Waals surface area contributed by atoms with Gasteiger partial charge < -0.3 is 14.7 Å². The molecule has 1 aliphatic rings. The summed E-state index contributed by atoms with van der Waals surface area (Å²) in [5, 5.41) is 9.22. The Kier molecular flexibility index (Phi) is 4.04. The van der Waals surface area contributed by atoms with Crippen LogP contribution in [0.1, 0.15) is 30.6 Å². The van der Waals surface area contributed by atoms with Crippen LogP contribution in [0.2, 0.25) is 0 Å². The van der Waals surface area contributed by atoms with Crippen LogP contribution in [-0.4, -0.2) is 36.4 Å². The van der Waals surface area contributed by atoms with E-state index in [2.05, 4.69) is 0 Å². The molecule has 0 spiro atoms. The van der Waals surface area contributed by atoms with Crippen LogP contribution in [0.4, 0.5) is 10.1 Å². The van der Waals surface area contributed by atoms with E-state index in [0.717, 1.165) is 12.5 Å². The van der Waals surface area contributed by atoms with E-state index in [0.29, 0.717) is 18.8 Å². The van der Waals surface area contributed by atoms with E-state index < -0.39 is 11.8 Å². The Morgan fingerprint density at radius 3 is 2.95 bits per heavy atom. The molecule has 0 amide bonds. The number of rotatable bonds is 3. The SMILES string of the molecule is CCC1COC(C)CN1c1ccc(F)cc1C(=O)O. The van der Waals surface area contributed by atoms with E-state index in [1.807, 2.05) is 18.7 Å². The highest BCUT2D eigenvalue weighted by Crippen LogP contribution is 2.27. The molecule has 19 heavy (non-hydrogen) atoms. The van der Waals surface area contributed by atoms with Crippen LogP contribution in [0.5, 0.6) is 0 Å². The fraction of sp³-hybridized carbons (Fsp3) is 0.500.